The minimum Gasteiger partial charge on any atom is -0.508 e. The molecule has 24 heavy (non-hydrogen) atoms. The molecule has 2 aromatic rings. The van der Waals surface area contributed by atoms with Crippen molar-refractivity contribution in [1.29, 1.82) is 0 Å². The number of nitrogens with two attached hydrogens (primary N) is 1. The molecule has 0 aliphatic carbocycles. The minimum atomic E-state index is 0.237. The number of aliphatic imine (C=N–C) groups is 1. The fourth-order valence-corrected chi connectivity index (χ4v) is 2.88. The second-order valence-electron chi connectivity index (χ2n) is 5.74. The van der Waals surface area contributed by atoms with Crippen LogP contribution in [0.5, 0.6) is 5.75 Å². The summed E-state index contributed by atoms with van der Waals surface area (Å²) in [6.07, 6.45) is 0. The number of phenols is 1. The van der Waals surface area contributed by atoms with Crippen LogP contribution in [-0.4, -0.2) is 43.0 Å². The van der Waals surface area contributed by atoms with E-state index >= 15 is 0 Å². The predicted molar refractivity (Wildman–Crippen MR) is 101 cm³/mol. The first-order chi connectivity index (χ1) is 11.7. The molecule has 3 N–H and O–H groups in total. The zero-order valence-corrected chi connectivity index (χ0v) is 14.2. The van der Waals surface area contributed by atoms with Crippen molar-refractivity contribution in [3.8, 4) is 5.75 Å². The van der Waals surface area contributed by atoms with E-state index in [0.29, 0.717) is 11.6 Å². The van der Waals surface area contributed by atoms with Crippen LogP contribution < -0.4 is 15.5 Å². The molecule has 5 nitrogen and oxygen atoms in total. The molecule has 1 fully saturated rings. The quantitative estimate of drug-likeness (QED) is 0.508. The first-order valence-corrected chi connectivity index (χ1v) is 8.47. The van der Waals surface area contributed by atoms with Gasteiger partial charge in [0.25, 0.3) is 0 Å². The molecule has 3 rings (SSSR count). The second-order valence-corrected chi connectivity index (χ2v) is 6.01. The van der Waals surface area contributed by atoms with Gasteiger partial charge < -0.3 is 20.6 Å². The molecule has 6 heteroatoms. The van der Waals surface area contributed by atoms with Crippen LogP contribution in [0.2, 0.25) is 0 Å². The molecule has 0 amide bonds. The van der Waals surface area contributed by atoms with Crippen LogP contribution >= 0.6 is 11.6 Å². The highest BCUT2D eigenvalue weighted by Gasteiger charge is 2.17. The Hall–Kier alpha value is -2.40. The second kappa shape index (κ2) is 7.45. The highest BCUT2D eigenvalue weighted by molar-refractivity contribution is 6.28. The summed E-state index contributed by atoms with van der Waals surface area (Å²) >= 11 is 5.65. The maximum atomic E-state index is 9.39. The first-order valence-electron chi connectivity index (χ1n) is 7.94. The Kier molecular flexibility index (Phi) is 5.11. The number of piperazine rings is 1. The lowest BCUT2D eigenvalue weighted by atomic mass is 10.2. The molecule has 0 radical (unpaired) electrons. The third kappa shape index (κ3) is 3.92. The van der Waals surface area contributed by atoms with E-state index < -0.39 is 0 Å². The molecular weight excluding hydrogens is 324 g/mol. The van der Waals surface area contributed by atoms with E-state index in [1.807, 2.05) is 24.3 Å². The number of alkyl halides is 1. The number of nitrogens with zero attached hydrogens (tertiary/aromatic N) is 3. The van der Waals surface area contributed by atoms with Crippen molar-refractivity contribution >= 4 is 34.5 Å². The summed E-state index contributed by atoms with van der Waals surface area (Å²) in [6, 6.07) is 15.4. The van der Waals surface area contributed by atoms with Crippen molar-refractivity contribution in [2.75, 3.05) is 41.9 Å². The summed E-state index contributed by atoms with van der Waals surface area (Å²) in [5, 5.41) is 9.39. The Labute approximate surface area is 147 Å². The number of rotatable bonds is 4. The van der Waals surface area contributed by atoms with Crippen molar-refractivity contribution in [1.82, 2.24) is 0 Å². The lowest BCUT2D eigenvalue weighted by molar-refractivity contribution is 0.475. The topological polar surface area (TPSA) is 65.1 Å². The number of aromatic hydroxyl groups is 1. The first kappa shape index (κ1) is 16.5. The molecule has 0 unspecified atom stereocenters. The lowest BCUT2D eigenvalue weighted by Gasteiger charge is -2.37. The minimum absolute atomic E-state index is 0.237. The lowest BCUT2D eigenvalue weighted by Crippen LogP contribution is -2.46. The summed E-state index contributed by atoms with van der Waals surface area (Å²) in [5.41, 5.74) is 8.80. The van der Waals surface area contributed by atoms with E-state index in [4.69, 9.17) is 17.3 Å². The fourth-order valence-electron chi connectivity index (χ4n) is 2.82. The van der Waals surface area contributed by atoms with Gasteiger partial charge in [0.2, 0.25) is 0 Å². The SMILES string of the molecule is NC(CCl)=Nc1ccc(N2CCN(c3ccc(O)cc3)CC2)cc1. The van der Waals surface area contributed by atoms with E-state index in [1.54, 1.807) is 12.1 Å². The molecule has 0 aromatic heterocycles. The molecule has 126 valence electrons. The molecule has 0 saturated carbocycles. The number of benzene rings is 2. The van der Waals surface area contributed by atoms with Gasteiger partial charge in [0, 0.05) is 37.6 Å². The van der Waals surface area contributed by atoms with Crippen molar-refractivity contribution in [3.05, 3.63) is 48.5 Å². The number of phenolic OH excluding ortho intramolecular Hbond substituents is 1. The average Bonchev–Trinajstić information content (AvgIpc) is 2.63. The summed E-state index contributed by atoms with van der Waals surface area (Å²) in [7, 11) is 0. The maximum absolute atomic E-state index is 9.39. The molecule has 1 aliphatic rings. The zero-order valence-electron chi connectivity index (χ0n) is 13.4. The maximum Gasteiger partial charge on any atom is 0.115 e. The summed E-state index contributed by atoms with van der Waals surface area (Å²) in [4.78, 5) is 8.92. The highest BCUT2D eigenvalue weighted by Crippen LogP contribution is 2.24. The van der Waals surface area contributed by atoms with Crippen LogP contribution in [0.1, 0.15) is 0 Å². The van der Waals surface area contributed by atoms with E-state index in [2.05, 4.69) is 26.9 Å². The number of halogens is 1. The highest BCUT2D eigenvalue weighted by atomic mass is 35.5. The van der Waals surface area contributed by atoms with Gasteiger partial charge in [0.15, 0.2) is 0 Å². The Morgan fingerprint density at radius 2 is 1.38 bits per heavy atom. The zero-order chi connectivity index (χ0) is 16.9. The van der Waals surface area contributed by atoms with Gasteiger partial charge in [-0.15, -0.1) is 11.6 Å². The molecule has 2 aromatic carbocycles. The van der Waals surface area contributed by atoms with Gasteiger partial charge in [0.1, 0.15) is 11.6 Å². The Morgan fingerprint density at radius 1 is 0.917 bits per heavy atom. The van der Waals surface area contributed by atoms with Gasteiger partial charge in [-0.1, -0.05) is 0 Å². The molecular formula is C18H21ClN4O. The third-order valence-corrected chi connectivity index (χ3v) is 4.39. The fraction of sp³-hybridized carbons (Fsp3) is 0.278. The normalized spacial score (nSPS) is 15.6. The van der Waals surface area contributed by atoms with Crippen molar-refractivity contribution in [3.63, 3.8) is 0 Å². The van der Waals surface area contributed by atoms with Crippen molar-refractivity contribution < 1.29 is 5.11 Å². The van der Waals surface area contributed by atoms with Crippen LogP contribution in [-0.2, 0) is 0 Å². The number of amidine groups is 1. The van der Waals surface area contributed by atoms with Crippen molar-refractivity contribution in [2.24, 2.45) is 10.7 Å². The van der Waals surface area contributed by atoms with Gasteiger partial charge in [-0.05, 0) is 48.5 Å². The van der Waals surface area contributed by atoms with Gasteiger partial charge >= 0.3 is 0 Å². The predicted octanol–water partition coefficient (Wildman–Crippen LogP) is 2.95. The Balaban J connectivity index is 1.61. The number of anilines is 2. The van der Waals surface area contributed by atoms with Gasteiger partial charge in [-0.3, -0.25) is 0 Å². The summed E-state index contributed by atoms with van der Waals surface area (Å²) in [5.74, 6) is 0.961. The summed E-state index contributed by atoms with van der Waals surface area (Å²) < 4.78 is 0. The number of hydrogen-bond acceptors (Lipinski definition) is 4. The third-order valence-electron chi connectivity index (χ3n) is 4.12. The molecule has 1 saturated heterocycles. The molecule has 1 heterocycles. The largest absolute Gasteiger partial charge is 0.508 e. The van der Waals surface area contributed by atoms with E-state index in [-0.39, 0.29) is 5.88 Å². The molecule has 0 atom stereocenters. The van der Waals surface area contributed by atoms with Gasteiger partial charge in [0.05, 0.1) is 11.6 Å². The van der Waals surface area contributed by atoms with Crippen LogP contribution in [0.15, 0.2) is 53.5 Å². The monoisotopic (exact) mass is 344 g/mol. The standard InChI is InChI=1S/C18H21ClN4O/c19-13-18(20)21-14-1-3-15(4-2-14)22-9-11-23(12-10-22)16-5-7-17(24)8-6-16/h1-8,24H,9-13H2,(H2,20,21). The van der Waals surface area contributed by atoms with E-state index in [9.17, 15) is 5.11 Å². The van der Waals surface area contributed by atoms with Crippen LogP contribution in [0.4, 0.5) is 17.1 Å². The smallest absolute Gasteiger partial charge is 0.115 e. The Morgan fingerprint density at radius 3 is 1.83 bits per heavy atom. The number of hydrogen-bond donors (Lipinski definition) is 2. The van der Waals surface area contributed by atoms with Crippen LogP contribution in [0, 0.1) is 0 Å². The van der Waals surface area contributed by atoms with Crippen LogP contribution in [0.3, 0.4) is 0 Å². The van der Waals surface area contributed by atoms with E-state index in [0.717, 1.165) is 37.6 Å². The molecule has 0 spiro atoms. The molecule has 0 bridgehead atoms. The van der Waals surface area contributed by atoms with Crippen molar-refractivity contribution in [2.45, 2.75) is 0 Å². The average molecular weight is 345 g/mol. The van der Waals surface area contributed by atoms with Crippen LogP contribution in [0.25, 0.3) is 0 Å². The van der Waals surface area contributed by atoms with Gasteiger partial charge in [-0.25, -0.2) is 4.99 Å². The Bertz CT molecular complexity index is 692. The summed E-state index contributed by atoms with van der Waals surface area (Å²) in [6.45, 7) is 3.80. The molecule has 1 aliphatic heterocycles. The van der Waals surface area contributed by atoms with E-state index in [1.165, 1.54) is 5.69 Å². The van der Waals surface area contributed by atoms with Gasteiger partial charge in [-0.2, -0.15) is 0 Å².